The molecular weight excluding hydrogens is 317 g/mol. The van der Waals surface area contributed by atoms with Crippen LogP contribution in [0.25, 0.3) is 16.5 Å². The van der Waals surface area contributed by atoms with Crippen molar-refractivity contribution >= 4 is 10.8 Å². The van der Waals surface area contributed by atoms with Gasteiger partial charge in [-0.2, -0.15) is 18.4 Å². The smallest absolute Gasteiger partial charge is 0.272 e. The van der Waals surface area contributed by atoms with Gasteiger partial charge in [0.15, 0.2) is 0 Å². The van der Waals surface area contributed by atoms with Gasteiger partial charge < -0.3 is 0 Å². The lowest BCUT2D eigenvalue weighted by molar-refractivity contribution is -0.142. The molecule has 0 aliphatic rings. The van der Waals surface area contributed by atoms with E-state index >= 15 is 0 Å². The summed E-state index contributed by atoms with van der Waals surface area (Å²) in [5.41, 5.74) is -0.640. The number of hydrogen-bond acceptors (Lipinski definition) is 2. The van der Waals surface area contributed by atoms with Crippen molar-refractivity contribution in [3.8, 4) is 11.8 Å². The molecule has 0 fully saturated rings. The van der Waals surface area contributed by atoms with Gasteiger partial charge in [-0.05, 0) is 48.7 Å². The Morgan fingerprint density at radius 3 is 2.29 bits per heavy atom. The van der Waals surface area contributed by atoms with E-state index in [0.717, 1.165) is 11.6 Å². The molecule has 3 nitrogen and oxygen atoms in total. The van der Waals surface area contributed by atoms with Gasteiger partial charge in [-0.1, -0.05) is 17.7 Å². The Balaban J connectivity index is 2.41. The highest BCUT2D eigenvalue weighted by atomic mass is 19.4. The first-order chi connectivity index (χ1) is 11.3. The predicted molar refractivity (Wildman–Crippen MR) is 84.0 cm³/mol. The fourth-order valence-corrected chi connectivity index (χ4v) is 2.57. The van der Waals surface area contributed by atoms with E-state index in [-0.39, 0.29) is 16.5 Å². The topological polar surface area (TPSA) is 45.8 Å². The van der Waals surface area contributed by atoms with Crippen LogP contribution in [0.1, 0.15) is 16.8 Å². The third-order valence-corrected chi connectivity index (χ3v) is 3.72. The molecule has 1 heterocycles. The molecule has 2 aromatic carbocycles. The standard InChI is InChI=1S/C18H11F3N2O/c1-11-2-5-13-9-16(18(19,20)21)23(17(24)15(13)8-11)14-6-3-12(10-22)4-7-14/h2-9H,1H3. The first-order valence-electron chi connectivity index (χ1n) is 7.05. The van der Waals surface area contributed by atoms with Gasteiger partial charge >= 0.3 is 6.18 Å². The number of rotatable bonds is 1. The molecule has 0 aliphatic heterocycles. The molecule has 0 N–H and O–H groups in total. The Morgan fingerprint density at radius 2 is 1.71 bits per heavy atom. The van der Waals surface area contributed by atoms with Crippen LogP contribution in [0.2, 0.25) is 0 Å². The average Bonchev–Trinajstić information content (AvgIpc) is 2.54. The molecule has 120 valence electrons. The molecule has 24 heavy (non-hydrogen) atoms. The number of halogens is 3. The fraction of sp³-hybridized carbons (Fsp3) is 0.111. The summed E-state index contributed by atoms with van der Waals surface area (Å²) in [6.07, 6.45) is -4.69. The molecule has 3 aromatic rings. The zero-order valence-electron chi connectivity index (χ0n) is 12.6. The summed E-state index contributed by atoms with van der Waals surface area (Å²) in [6.45, 7) is 1.77. The van der Waals surface area contributed by atoms with Crippen molar-refractivity contribution in [1.82, 2.24) is 4.57 Å². The van der Waals surface area contributed by atoms with Crippen molar-refractivity contribution in [2.24, 2.45) is 0 Å². The van der Waals surface area contributed by atoms with Gasteiger partial charge in [0.2, 0.25) is 0 Å². The number of aromatic nitrogens is 1. The minimum Gasteiger partial charge on any atom is -0.272 e. The summed E-state index contributed by atoms with van der Waals surface area (Å²) < 4.78 is 41.0. The summed E-state index contributed by atoms with van der Waals surface area (Å²) in [4.78, 5) is 12.7. The number of fused-ring (bicyclic) bond motifs is 1. The molecule has 0 bridgehead atoms. The normalized spacial score (nSPS) is 11.5. The monoisotopic (exact) mass is 328 g/mol. The van der Waals surface area contributed by atoms with Gasteiger partial charge in [-0.15, -0.1) is 0 Å². The van der Waals surface area contributed by atoms with Gasteiger partial charge in [0.05, 0.1) is 11.6 Å². The molecule has 0 aliphatic carbocycles. The van der Waals surface area contributed by atoms with Crippen molar-refractivity contribution < 1.29 is 13.2 Å². The second-order valence-corrected chi connectivity index (χ2v) is 5.42. The van der Waals surface area contributed by atoms with E-state index in [1.807, 2.05) is 6.07 Å². The lowest BCUT2D eigenvalue weighted by Crippen LogP contribution is -2.26. The molecule has 0 saturated heterocycles. The first-order valence-corrected chi connectivity index (χ1v) is 7.05. The zero-order chi connectivity index (χ0) is 17.5. The number of aryl methyl sites for hydroxylation is 1. The molecule has 0 radical (unpaired) electrons. The SMILES string of the molecule is Cc1ccc2cc(C(F)(F)F)n(-c3ccc(C#N)cc3)c(=O)c2c1. The minimum absolute atomic E-state index is 0.0646. The Kier molecular flexibility index (Phi) is 3.64. The van der Waals surface area contributed by atoms with Crippen LogP contribution in [0.4, 0.5) is 13.2 Å². The summed E-state index contributed by atoms with van der Waals surface area (Å²) in [6, 6.07) is 13.0. The quantitative estimate of drug-likeness (QED) is 0.672. The van der Waals surface area contributed by atoms with Crippen LogP contribution in [-0.2, 0) is 6.18 Å². The van der Waals surface area contributed by atoms with Gasteiger partial charge in [-0.3, -0.25) is 9.36 Å². The van der Waals surface area contributed by atoms with Gasteiger partial charge in [0.1, 0.15) is 5.69 Å². The lowest BCUT2D eigenvalue weighted by atomic mass is 10.1. The largest absolute Gasteiger partial charge is 0.431 e. The van der Waals surface area contributed by atoms with E-state index in [1.54, 1.807) is 19.1 Å². The Labute approximate surface area is 135 Å². The van der Waals surface area contributed by atoms with Gasteiger partial charge in [-0.25, -0.2) is 0 Å². The second-order valence-electron chi connectivity index (χ2n) is 5.42. The number of pyridine rings is 1. The first kappa shape index (κ1) is 15.8. The maximum absolute atomic E-state index is 13.5. The maximum Gasteiger partial charge on any atom is 0.431 e. The van der Waals surface area contributed by atoms with E-state index in [4.69, 9.17) is 5.26 Å². The maximum atomic E-state index is 13.5. The summed E-state index contributed by atoms with van der Waals surface area (Å²) in [5.74, 6) is 0. The van der Waals surface area contributed by atoms with Crippen LogP contribution in [-0.4, -0.2) is 4.57 Å². The highest BCUT2D eigenvalue weighted by Crippen LogP contribution is 2.32. The molecule has 0 amide bonds. The van der Waals surface area contributed by atoms with Crippen LogP contribution in [0, 0.1) is 18.3 Å². The molecule has 0 spiro atoms. The Hall–Kier alpha value is -3.07. The van der Waals surface area contributed by atoms with Crippen molar-refractivity contribution in [2.75, 3.05) is 0 Å². The van der Waals surface area contributed by atoms with Gasteiger partial charge in [0.25, 0.3) is 5.56 Å². The number of benzene rings is 2. The number of hydrogen-bond donors (Lipinski definition) is 0. The molecule has 0 atom stereocenters. The van der Waals surface area contributed by atoms with Crippen LogP contribution in [0.3, 0.4) is 0 Å². The number of nitrogens with zero attached hydrogens (tertiary/aromatic N) is 2. The van der Waals surface area contributed by atoms with Crippen molar-refractivity contribution in [3.63, 3.8) is 0 Å². The fourth-order valence-electron chi connectivity index (χ4n) is 2.57. The molecule has 0 unspecified atom stereocenters. The van der Waals surface area contributed by atoms with Crippen LogP contribution in [0.15, 0.2) is 53.3 Å². The predicted octanol–water partition coefficient (Wildman–Crippen LogP) is 4.19. The van der Waals surface area contributed by atoms with Crippen molar-refractivity contribution in [1.29, 1.82) is 5.26 Å². The highest BCUT2D eigenvalue weighted by Gasteiger charge is 2.35. The third kappa shape index (κ3) is 2.65. The van der Waals surface area contributed by atoms with E-state index < -0.39 is 17.4 Å². The Bertz CT molecular complexity index is 1030. The number of alkyl halides is 3. The minimum atomic E-state index is -4.69. The summed E-state index contributed by atoms with van der Waals surface area (Å²) >= 11 is 0. The molecule has 6 heteroatoms. The van der Waals surface area contributed by atoms with Crippen molar-refractivity contribution in [2.45, 2.75) is 13.1 Å². The summed E-state index contributed by atoms with van der Waals surface area (Å²) in [5, 5.41) is 9.26. The van der Waals surface area contributed by atoms with E-state index in [1.165, 1.54) is 30.3 Å². The van der Waals surface area contributed by atoms with Crippen LogP contribution in [0.5, 0.6) is 0 Å². The lowest BCUT2D eigenvalue weighted by Gasteiger charge is -2.17. The van der Waals surface area contributed by atoms with E-state index in [9.17, 15) is 18.0 Å². The van der Waals surface area contributed by atoms with Crippen molar-refractivity contribution in [3.05, 3.63) is 75.7 Å². The third-order valence-electron chi connectivity index (χ3n) is 3.72. The Morgan fingerprint density at radius 1 is 1.04 bits per heavy atom. The van der Waals surface area contributed by atoms with Gasteiger partial charge in [0, 0.05) is 11.1 Å². The number of nitriles is 1. The molecular formula is C18H11F3N2O. The van der Waals surface area contributed by atoms with Crippen LogP contribution < -0.4 is 5.56 Å². The van der Waals surface area contributed by atoms with E-state index in [0.29, 0.717) is 10.1 Å². The summed E-state index contributed by atoms with van der Waals surface area (Å²) in [7, 11) is 0. The zero-order valence-corrected chi connectivity index (χ0v) is 12.6. The molecule has 0 saturated carbocycles. The molecule has 3 rings (SSSR count). The molecule has 1 aromatic heterocycles. The second kappa shape index (κ2) is 5.53. The van der Waals surface area contributed by atoms with E-state index in [2.05, 4.69) is 0 Å². The highest BCUT2D eigenvalue weighted by molar-refractivity contribution is 5.83. The average molecular weight is 328 g/mol. The van der Waals surface area contributed by atoms with Crippen LogP contribution >= 0.6 is 0 Å².